The third-order valence-electron chi connectivity index (χ3n) is 3.69. The second kappa shape index (κ2) is 8.21. The number of nitrogens with zero attached hydrogens (tertiary/aromatic N) is 2. The number of amides is 1. The van der Waals surface area contributed by atoms with Crippen LogP contribution >= 0.6 is 27.3 Å². The normalized spacial score (nSPS) is 12.2. The average Bonchev–Trinajstić information content (AvgIpc) is 2.91. The van der Waals surface area contributed by atoms with Gasteiger partial charge in [0.05, 0.1) is 22.5 Å². The molecule has 1 amide bonds. The van der Waals surface area contributed by atoms with Gasteiger partial charge < -0.3 is 4.57 Å². The van der Waals surface area contributed by atoms with Crippen molar-refractivity contribution in [2.75, 3.05) is 5.75 Å². The fourth-order valence-electron chi connectivity index (χ4n) is 2.58. The summed E-state index contributed by atoms with van der Waals surface area (Å²) in [4.78, 5) is 16.7. The zero-order valence-electron chi connectivity index (χ0n) is 14.1. The number of rotatable bonds is 5. The van der Waals surface area contributed by atoms with Gasteiger partial charge in [-0.25, -0.2) is 8.42 Å². The number of halogens is 1. The summed E-state index contributed by atoms with van der Waals surface area (Å²) in [7, 11) is -3.61. The highest BCUT2D eigenvalue weighted by Gasteiger charge is 2.17. The first-order valence-electron chi connectivity index (χ1n) is 7.92. The van der Waals surface area contributed by atoms with Crippen LogP contribution in [0.15, 0.2) is 58.0 Å². The van der Waals surface area contributed by atoms with E-state index in [2.05, 4.69) is 26.8 Å². The van der Waals surface area contributed by atoms with Crippen molar-refractivity contribution < 1.29 is 13.2 Å². The molecule has 8 heteroatoms. The molecule has 0 N–H and O–H groups in total. The number of aromatic nitrogens is 1. The van der Waals surface area contributed by atoms with Crippen LogP contribution in [-0.2, 0) is 26.9 Å². The fraction of sp³-hybridized carbons (Fsp3) is 0.158. The van der Waals surface area contributed by atoms with E-state index in [9.17, 15) is 13.2 Å². The number of benzene rings is 2. The maximum Gasteiger partial charge on any atom is 0.263 e. The molecule has 2 aromatic carbocycles. The number of hydrogen-bond donors (Lipinski definition) is 0. The molecule has 0 spiro atoms. The molecular formula is C19H15BrN2O3S2. The molecule has 0 radical (unpaired) electrons. The Morgan fingerprint density at radius 2 is 1.96 bits per heavy atom. The van der Waals surface area contributed by atoms with Gasteiger partial charge in [-0.3, -0.25) is 4.79 Å². The molecule has 3 aromatic rings. The summed E-state index contributed by atoms with van der Waals surface area (Å²) in [6.45, 7) is 0.241. The van der Waals surface area contributed by atoms with Gasteiger partial charge in [0.25, 0.3) is 5.91 Å². The van der Waals surface area contributed by atoms with Crippen molar-refractivity contribution in [1.82, 2.24) is 4.57 Å². The molecule has 0 unspecified atom stereocenters. The van der Waals surface area contributed by atoms with Crippen LogP contribution < -0.4 is 4.80 Å². The molecule has 1 aromatic heterocycles. The van der Waals surface area contributed by atoms with Gasteiger partial charge in [-0.15, -0.1) is 6.42 Å². The highest BCUT2D eigenvalue weighted by molar-refractivity contribution is 9.10. The minimum atomic E-state index is -3.61. The Kier molecular flexibility index (Phi) is 5.95. The number of thiazole rings is 1. The van der Waals surface area contributed by atoms with Crippen molar-refractivity contribution in [3.05, 3.63) is 63.4 Å². The first kappa shape index (κ1) is 19.5. The molecule has 27 heavy (non-hydrogen) atoms. The molecule has 138 valence electrons. The molecule has 1 heterocycles. The molecule has 5 nitrogen and oxygen atoms in total. The third-order valence-corrected chi connectivity index (χ3v) is 6.68. The summed E-state index contributed by atoms with van der Waals surface area (Å²) in [5.74, 6) is 0.995. The number of carbonyl (C=O) groups is 1. The lowest BCUT2D eigenvalue weighted by atomic mass is 10.2. The highest BCUT2D eigenvalue weighted by atomic mass is 79.9. The number of sulfone groups is 1. The predicted molar refractivity (Wildman–Crippen MR) is 111 cm³/mol. The molecule has 3 rings (SSSR count). The van der Waals surface area contributed by atoms with Gasteiger partial charge in [0.2, 0.25) is 0 Å². The second-order valence-electron chi connectivity index (χ2n) is 5.81. The minimum Gasteiger partial charge on any atom is -0.305 e. The van der Waals surface area contributed by atoms with Gasteiger partial charge in [0.1, 0.15) is 5.75 Å². The fourth-order valence-corrected chi connectivity index (χ4v) is 5.42. The van der Waals surface area contributed by atoms with E-state index in [1.54, 1.807) is 34.9 Å². The quantitative estimate of drug-likeness (QED) is 0.546. The van der Waals surface area contributed by atoms with Crippen LogP contribution in [0, 0.1) is 12.3 Å². The summed E-state index contributed by atoms with van der Waals surface area (Å²) < 4.78 is 28.1. The predicted octanol–water partition coefficient (Wildman–Crippen LogP) is 3.14. The summed E-state index contributed by atoms with van der Waals surface area (Å²) in [5, 5.41) is 0. The van der Waals surface area contributed by atoms with E-state index in [1.165, 1.54) is 11.3 Å². The molecular weight excluding hydrogens is 448 g/mol. The largest absolute Gasteiger partial charge is 0.305 e. The Morgan fingerprint density at radius 3 is 2.67 bits per heavy atom. The molecule has 0 aliphatic carbocycles. The van der Waals surface area contributed by atoms with Gasteiger partial charge in [0, 0.05) is 4.47 Å². The molecule has 0 aliphatic rings. The van der Waals surface area contributed by atoms with Crippen LogP contribution in [0.1, 0.15) is 5.56 Å². The zero-order valence-corrected chi connectivity index (χ0v) is 17.4. The highest BCUT2D eigenvalue weighted by Crippen LogP contribution is 2.22. The number of carbonyl (C=O) groups excluding carboxylic acids is 1. The zero-order chi connectivity index (χ0) is 19.4. The van der Waals surface area contributed by atoms with Gasteiger partial charge in [-0.1, -0.05) is 63.5 Å². The van der Waals surface area contributed by atoms with Crippen molar-refractivity contribution in [2.45, 2.75) is 12.3 Å². The third kappa shape index (κ3) is 4.95. The van der Waals surface area contributed by atoms with Gasteiger partial charge in [-0.2, -0.15) is 4.99 Å². The molecule has 0 aliphatic heterocycles. The summed E-state index contributed by atoms with van der Waals surface area (Å²) >= 11 is 4.70. The van der Waals surface area contributed by atoms with E-state index in [0.29, 0.717) is 10.4 Å². The van der Waals surface area contributed by atoms with Crippen molar-refractivity contribution in [3.8, 4) is 12.3 Å². The Balaban J connectivity index is 1.91. The lowest BCUT2D eigenvalue weighted by molar-refractivity contribution is -0.115. The Morgan fingerprint density at radius 1 is 1.22 bits per heavy atom. The molecule has 0 saturated heterocycles. The average molecular weight is 463 g/mol. The number of terminal acetylenes is 1. The first-order valence-corrected chi connectivity index (χ1v) is 11.4. The summed E-state index contributed by atoms with van der Waals surface area (Å²) in [6.07, 6.45) is 5.43. The standard InChI is InChI=1S/C19H15BrN2O3S2/c1-2-10-22-16-9-8-15(20)11-17(16)26-19(22)21-18(23)13-27(24,25)12-14-6-4-3-5-7-14/h1,3-9,11H,10,12-13H2. The smallest absolute Gasteiger partial charge is 0.263 e. The van der Waals surface area contributed by atoms with E-state index < -0.39 is 21.5 Å². The molecule has 0 bridgehead atoms. The maximum absolute atomic E-state index is 12.3. The van der Waals surface area contributed by atoms with Crippen LogP contribution in [0.4, 0.5) is 0 Å². The van der Waals surface area contributed by atoms with Crippen LogP contribution in [0.5, 0.6) is 0 Å². The van der Waals surface area contributed by atoms with Crippen molar-refractivity contribution >= 4 is 53.2 Å². The van der Waals surface area contributed by atoms with E-state index >= 15 is 0 Å². The SMILES string of the molecule is C#CCn1c(=NC(=O)CS(=O)(=O)Cc2ccccc2)sc2cc(Br)ccc21. The van der Waals surface area contributed by atoms with Gasteiger partial charge in [0.15, 0.2) is 14.6 Å². The van der Waals surface area contributed by atoms with Crippen LogP contribution in [-0.4, -0.2) is 24.6 Å². The summed E-state index contributed by atoms with van der Waals surface area (Å²) in [5.41, 5.74) is 1.49. The Hall–Kier alpha value is -2.21. The van der Waals surface area contributed by atoms with Crippen LogP contribution in [0.3, 0.4) is 0 Å². The molecule has 0 fully saturated rings. The van der Waals surface area contributed by atoms with Crippen molar-refractivity contribution in [3.63, 3.8) is 0 Å². The lowest BCUT2D eigenvalue weighted by Crippen LogP contribution is -2.21. The summed E-state index contributed by atoms with van der Waals surface area (Å²) in [6, 6.07) is 14.4. The lowest BCUT2D eigenvalue weighted by Gasteiger charge is -2.02. The minimum absolute atomic E-state index is 0.196. The monoisotopic (exact) mass is 462 g/mol. The second-order valence-corrected chi connectivity index (χ2v) is 9.80. The van der Waals surface area contributed by atoms with E-state index in [1.807, 2.05) is 18.2 Å². The van der Waals surface area contributed by atoms with E-state index in [-0.39, 0.29) is 12.3 Å². The topological polar surface area (TPSA) is 68.5 Å². The number of fused-ring (bicyclic) bond motifs is 1. The van der Waals surface area contributed by atoms with Gasteiger partial charge >= 0.3 is 0 Å². The maximum atomic E-state index is 12.3. The van der Waals surface area contributed by atoms with E-state index in [4.69, 9.17) is 6.42 Å². The van der Waals surface area contributed by atoms with Crippen molar-refractivity contribution in [1.29, 1.82) is 0 Å². The van der Waals surface area contributed by atoms with E-state index in [0.717, 1.165) is 14.7 Å². The van der Waals surface area contributed by atoms with Gasteiger partial charge in [-0.05, 0) is 23.8 Å². The Labute approximate surface area is 169 Å². The van der Waals surface area contributed by atoms with Crippen molar-refractivity contribution in [2.24, 2.45) is 4.99 Å². The first-order chi connectivity index (χ1) is 12.9. The molecule has 0 saturated carbocycles. The Bertz CT molecular complexity index is 1200. The molecule has 0 atom stereocenters. The van der Waals surface area contributed by atoms with Crippen LogP contribution in [0.2, 0.25) is 0 Å². The van der Waals surface area contributed by atoms with Crippen LogP contribution in [0.25, 0.3) is 10.2 Å². The number of hydrogen-bond acceptors (Lipinski definition) is 4.